The number of carbonyl (C=O) groups is 1. The molecule has 0 bridgehead atoms. The van der Waals surface area contributed by atoms with Gasteiger partial charge < -0.3 is 26.8 Å². The first-order chi connectivity index (χ1) is 17.2. The lowest BCUT2D eigenvalue weighted by molar-refractivity contribution is -0.591. The molecule has 0 saturated carbocycles. The molecule has 10 heteroatoms. The summed E-state index contributed by atoms with van der Waals surface area (Å²) in [4.78, 5) is 14.7. The summed E-state index contributed by atoms with van der Waals surface area (Å²) in [6.45, 7) is 7.63. The van der Waals surface area contributed by atoms with Gasteiger partial charge in [0.15, 0.2) is 5.82 Å². The molecule has 0 amide bonds. The molecule has 196 valence electrons. The van der Waals surface area contributed by atoms with E-state index in [-0.39, 0.29) is 24.3 Å². The van der Waals surface area contributed by atoms with Crippen molar-refractivity contribution in [2.24, 2.45) is 5.92 Å². The predicted octanol–water partition coefficient (Wildman–Crippen LogP) is 1.12. The summed E-state index contributed by atoms with van der Waals surface area (Å²) in [6, 6.07) is 13.5. The Morgan fingerprint density at radius 3 is 2.51 bits per heavy atom. The third-order valence-corrected chi connectivity index (χ3v) is 6.50. The Morgan fingerprint density at radius 2 is 1.89 bits per heavy atom. The van der Waals surface area contributed by atoms with Crippen molar-refractivity contribution in [3.05, 3.63) is 52.5 Å². The van der Waals surface area contributed by atoms with Gasteiger partial charge in [-0.05, 0) is 70.0 Å². The fourth-order valence-corrected chi connectivity index (χ4v) is 4.66. The maximum absolute atomic E-state index is 12.5. The van der Waals surface area contributed by atoms with Crippen molar-refractivity contribution >= 4 is 40.0 Å². The second-order valence-electron chi connectivity index (χ2n) is 9.95. The summed E-state index contributed by atoms with van der Waals surface area (Å²) in [5.41, 5.74) is 1.09. The number of aromatic nitrogens is 2. The highest BCUT2D eigenvalue weighted by Crippen LogP contribution is 2.31. The third kappa shape index (κ3) is 6.80. The molecule has 1 saturated heterocycles. The smallest absolute Gasteiger partial charge is 0.309 e. The fraction of sp³-hybridized carbons (Fsp3) is 0.407. The van der Waals surface area contributed by atoms with Crippen LogP contribution in [0.1, 0.15) is 44.7 Å². The maximum Gasteiger partial charge on any atom is 0.309 e. The minimum atomic E-state index is -0.488. The lowest BCUT2D eigenvalue weighted by atomic mass is 9.96. The number of hydrogen-bond donors (Lipinski definition) is 1. The standard InChI is InChI=1S/C27H30ClN5O3.ClH/c1-27(2,3)36-26(34)19-9-11-33(12-10-19)25-20-7-5-17(15-29)13-21(20)24(31-32-25)30-16-18-6-8-23(35-4)22(28)14-18;/h5-8,13-14,19H,9-12,16H2,1-4H3,(H,30,31);1H. The van der Waals surface area contributed by atoms with Crippen molar-refractivity contribution in [1.82, 2.24) is 10.2 Å². The molecule has 2 heterocycles. The van der Waals surface area contributed by atoms with Crippen molar-refractivity contribution in [2.75, 3.05) is 25.1 Å². The average Bonchev–Trinajstić information content (AvgIpc) is 2.86. The molecule has 1 aromatic heterocycles. The van der Waals surface area contributed by atoms with E-state index in [1.165, 1.54) is 0 Å². The minimum Gasteiger partial charge on any atom is -1.00 e. The SMILES string of the molecule is COc1ccc(C[NH2+]c2nnc(N3CCC(C(=O)OC(C)(C)C)CC3)c3ccc(C#N)cc23)cc1Cl.[Cl-]. The summed E-state index contributed by atoms with van der Waals surface area (Å²) in [7, 11) is 1.59. The van der Waals surface area contributed by atoms with E-state index in [1.807, 2.05) is 56.4 Å². The zero-order chi connectivity index (χ0) is 25.9. The highest BCUT2D eigenvalue weighted by Gasteiger charge is 2.30. The average molecular weight is 544 g/mol. The fourth-order valence-electron chi connectivity index (χ4n) is 4.38. The van der Waals surface area contributed by atoms with E-state index in [1.54, 1.807) is 13.2 Å². The molecule has 0 unspecified atom stereocenters. The topological polar surface area (TPSA) is 105 Å². The maximum atomic E-state index is 12.5. The van der Waals surface area contributed by atoms with Gasteiger partial charge in [0, 0.05) is 24.0 Å². The first kappa shape index (κ1) is 28.5. The van der Waals surface area contributed by atoms with Crippen LogP contribution < -0.4 is 27.4 Å². The molecule has 0 atom stereocenters. The number of nitrogens with zero attached hydrogens (tertiary/aromatic N) is 4. The van der Waals surface area contributed by atoms with Gasteiger partial charge in [0.2, 0.25) is 0 Å². The second-order valence-corrected chi connectivity index (χ2v) is 10.4. The molecule has 0 spiro atoms. The lowest BCUT2D eigenvalue weighted by Crippen LogP contribution is -3.00. The summed E-state index contributed by atoms with van der Waals surface area (Å²) in [6.07, 6.45) is 1.39. The van der Waals surface area contributed by atoms with Crippen LogP contribution in [0.4, 0.5) is 11.6 Å². The van der Waals surface area contributed by atoms with Gasteiger partial charge in [0.1, 0.15) is 17.9 Å². The highest BCUT2D eigenvalue weighted by atomic mass is 35.5. The number of ether oxygens (including phenoxy) is 2. The number of hydrogen-bond acceptors (Lipinski definition) is 7. The van der Waals surface area contributed by atoms with Crippen molar-refractivity contribution in [3.8, 4) is 11.8 Å². The van der Waals surface area contributed by atoms with Gasteiger partial charge >= 0.3 is 5.97 Å². The number of nitrogens with two attached hydrogens (primary N) is 1. The number of anilines is 1. The van der Waals surface area contributed by atoms with Gasteiger partial charge in [-0.3, -0.25) is 10.1 Å². The Labute approximate surface area is 228 Å². The van der Waals surface area contributed by atoms with Gasteiger partial charge in [0.05, 0.1) is 35.1 Å². The molecule has 1 aliphatic heterocycles. The molecule has 2 N–H and O–H groups in total. The van der Waals surface area contributed by atoms with Crippen LogP contribution in [-0.2, 0) is 16.1 Å². The Hall–Kier alpha value is -3.12. The van der Waals surface area contributed by atoms with E-state index in [4.69, 9.17) is 21.1 Å². The van der Waals surface area contributed by atoms with Crippen LogP contribution in [0, 0.1) is 17.2 Å². The van der Waals surface area contributed by atoms with Gasteiger partial charge in [0.25, 0.3) is 5.82 Å². The van der Waals surface area contributed by atoms with Gasteiger partial charge in [-0.2, -0.15) is 5.26 Å². The summed E-state index contributed by atoms with van der Waals surface area (Å²) in [5.74, 6) is 1.85. The highest BCUT2D eigenvalue weighted by molar-refractivity contribution is 6.32. The quantitative estimate of drug-likeness (QED) is 0.464. The molecule has 37 heavy (non-hydrogen) atoms. The number of nitriles is 1. The van der Waals surface area contributed by atoms with Gasteiger partial charge in [-0.15, -0.1) is 5.10 Å². The van der Waals surface area contributed by atoms with Crippen molar-refractivity contribution in [2.45, 2.75) is 45.8 Å². The summed E-state index contributed by atoms with van der Waals surface area (Å²) in [5, 5.41) is 22.9. The van der Waals surface area contributed by atoms with Crippen LogP contribution in [0.3, 0.4) is 0 Å². The van der Waals surface area contributed by atoms with Crippen LogP contribution in [0.15, 0.2) is 36.4 Å². The monoisotopic (exact) mass is 543 g/mol. The number of halogens is 2. The molecule has 3 aromatic rings. The number of methoxy groups -OCH3 is 1. The van der Waals surface area contributed by atoms with E-state index >= 15 is 0 Å². The first-order valence-corrected chi connectivity index (χ1v) is 12.4. The van der Waals surface area contributed by atoms with Crippen LogP contribution in [0.5, 0.6) is 5.75 Å². The number of quaternary nitrogens is 1. The first-order valence-electron chi connectivity index (χ1n) is 12.0. The molecule has 0 aliphatic carbocycles. The van der Waals surface area contributed by atoms with Gasteiger partial charge in [-0.25, -0.2) is 0 Å². The number of rotatable bonds is 6. The molecule has 8 nitrogen and oxygen atoms in total. The number of piperidine rings is 1. The number of fused-ring (bicyclic) bond motifs is 1. The molecule has 1 fully saturated rings. The van der Waals surface area contributed by atoms with E-state index < -0.39 is 5.60 Å². The third-order valence-electron chi connectivity index (χ3n) is 6.20. The van der Waals surface area contributed by atoms with Crippen LogP contribution in [0.25, 0.3) is 10.8 Å². The normalized spacial score (nSPS) is 14.1. The van der Waals surface area contributed by atoms with Crippen LogP contribution in [-0.4, -0.2) is 42.0 Å². The van der Waals surface area contributed by atoms with E-state index in [9.17, 15) is 10.1 Å². The Kier molecular flexibility index (Phi) is 9.19. The van der Waals surface area contributed by atoms with Crippen LogP contribution in [0.2, 0.25) is 5.02 Å². The molecule has 1 aliphatic rings. The van der Waals surface area contributed by atoms with E-state index in [0.717, 1.165) is 22.2 Å². The van der Waals surface area contributed by atoms with Crippen molar-refractivity contribution in [1.29, 1.82) is 5.26 Å². The zero-order valence-corrected chi connectivity index (χ0v) is 22.9. The van der Waals surface area contributed by atoms with Crippen molar-refractivity contribution in [3.63, 3.8) is 0 Å². The zero-order valence-electron chi connectivity index (χ0n) is 21.4. The van der Waals surface area contributed by atoms with E-state index in [2.05, 4.69) is 21.2 Å². The number of carbonyl (C=O) groups excluding carboxylic acids is 1. The van der Waals surface area contributed by atoms with E-state index in [0.29, 0.717) is 54.6 Å². The number of esters is 1. The molecule has 2 aromatic carbocycles. The molecule has 0 radical (unpaired) electrons. The molecule has 4 rings (SSSR count). The molecular formula is C27H31Cl2N5O3. The summed E-state index contributed by atoms with van der Waals surface area (Å²) < 4.78 is 10.8. The van der Waals surface area contributed by atoms with Gasteiger partial charge in [-0.1, -0.05) is 16.7 Å². The molecular weight excluding hydrogens is 513 g/mol. The predicted molar refractivity (Wildman–Crippen MR) is 138 cm³/mol. The van der Waals surface area contributed by atoms with Crippen LogP contribution >= 0.6 is 11.6 Å². The summed E-state index contributed by atoms with van der Waals surface area (Å²) >= 11 is 6.28. The largest absolute Gasteiger partial charge is 1.00 e. The Bertz CT molecular complexity index is 1310. The lowest BCUT2D eigenvalue weighted by Gasteiger charge is -2.33. The number of benzene rings is 2. The second kappa shape index (κ2) is 12.0. The minimum absolute atomic E-state index is 0. The Balaban J connectivity index is 0.00000380. The van der Waals surface area contributed by atoms with Crippen molar-refractivity contribution < 1.29 is 32.0 Å². The Morgan fingerprint density at radius 1 is 1.16 bits per heavy atom.